The quantitative estimate of drug-likeness (QED) is 0.610. The van der Waals surface area contributed by atoms with Gasteiger partial charge in [0.15, 0.2) is 0 Å². The third kappa shape index (κ3) is 4.41. The Hall–Kier alpha value is -2.30. The Labute approximate surface area is 156 Å². The summed E-state index contributed by atoms with van der Waals surface area (Å²) >= 11 is 7.34. The van der Waals surface area contributed by atoms with E-state index in [-0.39, 0.29) is 5.91 Å². The summed E-state index contributed by atoms with van der Waals surface area (Å²) in [4.78, 5) is 13.0. The maximum absolute atomic E-state index is 12.3. The number of halogens is 1. The van der Waals surface area contributed by atoms with E-state index in [1.165, 1.54) is 11.3 Å². The van der Waals surface area contributed by atoms with Gasteiger partial charge in [-0.05, 0) is 54.6 Å². The summed E-state index contributed by atoms with van der Waals surface area (Å²) in [6.45, 7) is 4.49. The fourth-order valence-corrected chi connectivity index (χ4v) is 3.49. The van der Waals surface area contributed by atoms with Crippen LogP contribution in [0.5, 0.6) is 5.75 Å². The van der Waals surface area contributed by atoms with Crippen LogP contribution in [-0.4, -0.2) is 5.91 Å². The third-order valence-corrected chi connectivity index (χ3v) is 4.96. The lowest BCUT2D eigenvalue weighted by Gasteiger charge is -2.10. The second kappa shape index (κ2) is 7.72. The summed E-state index contributed by atoms with van der Waals surface area (Å²) in [5.74, 6) is 0.754. The van der Waals surface area contributed by atoms with Crippen LogP contribution >= 0.6 is 22.9 Å². The smallest absolute Gasteiger partial charge is 0.265 e. The molecule has 0 aliphatic heterocycles. The van der Waals surface area contributed by atoms with Gasteiger partial charge in [-0.25, -0.2) is 0 Å². The molecule has 0 spiro atoms. The standard InChI is InChI=1S/C20H18ClNO2S/c1-13-5-3-6-14(2)19(13)24-11-15-9-18(25-12-15)20(23)22-17-8-4-7-16(21)10-17/h3-10,12H,11H2,1-2H3,(H,22,23). The SMILES string of the molecule is Cc1cccc(C)c1OCc1csc(C(=O)Nc2cccc(Cl)c2)c1. The van der Waals surface area contributed by atoms with Gasteiger partial charge in [-0.2, -0.15) is 0 Å². The predicted octanol–water partition coefficient (Wildman–Crippen LogP) is 5.85. The molecule has 5 heteroatoms. The molecule has 1 N–H and O–H groups in total. The lowest BCUT2D eigenvalue weighted by Crippen LogP contribution is -2.10. The van der Waals surface area contributed by atoms with Crippen molar-refractivity contribution in [2.24, 2.45) is 0 Å². The van der Waals surface area contributed by atoms with E-state index in [4.69, 9.17) is 16.3 Å². The summed E-state index contributed by atoms with van der Waals surface area (Å²) in [6.07, 6.45) is 0. The maximum atomic E-state index is 12.3. The fourth-order valence-electron chi connectivity index (χ4n) is 2.51. The first-order valence-corrected chi connectivity index (χ1v) is 9.12. The van der Waals surface area contributed by atoms with Crippen molar-refractivity contribution in [1.29, 1.82) is 0 Å². The molecule has 25 heavy (non-hydrogen) atoms. The Morgan fingerprint density at radius 2 is 1.84 bits per heavy atom. The molecule has 1 amide bonds. The van der Waals surface area contributed by atoms with Gasteiger partial charge in [-0.1, -0.05) is 35.9 Å². The molecular weight excluding hydrogens is 354 g/mol. The summed E-state index contributed by atoms with van der Waals surface area (Å²) in [5, 5.41) is 5.39. The fraction of sp³-hybridized carbons (Fsp3) is 0.150. The van der Waals surface area contributed by atoms with Crippen LogP contribution in [0.2, 0.25) is 5.02 Å². The molecule has 0 saturated heterocycles. The lowest BCUT2D eigenvalue weighted by molar-refractivity contribution is 0.103. The number of hydrogen-bond donors (Lipinski definition) is 1. The number of carbonyl (C=O) groups is 1. The van der Waals surface area contributed by atoms with E-state index in [9.17, 15) is 4.79 Å². The number of thiophene rings is 1. The van der Waals surface area contributed by atoms with Crippen molar-refractivity contribution < 1.29 is 9.53 Å². The van der Waals surface area contributed by atoms with Crippen LogP contribution in [0.15, 0.2) is 53.9 Å². The molecule has 1 aromatic heterocycles. The van der Waals surface area contributed by atoms with Gasteiger partial charge < -0.3 is 10.1 Å². The second-order valence-corrected chi connectivity index (χ2v) is 7.14. The normalized spacial score (nSPS) is 10.5. The average Bonchev–Trinajstić information content (AvgIpc) is 3.03. The minimum absolute atomic E-state index is 0.148. The van der Waals surface area contributed by atoms with Crippen molar-refractivity contribution >= 4 is 34.5 Å². The highest BCUT2D eigenvalue weighted by atomic mass is 35.5. The van der Waals surface area contributed by atoms with Crippen molar-refractivity contribution in [2.45, 2.75) is 20.5 Å². The molecule has 3 nitrogen and oxygen atoms in total. The van der Waals surface area contributed by atoms with E-state index in [0.29, 0.717) is 22.2 Å². The number of aryl methyl sites for hydroxylation is 2. The highest BCUT2D eigenvalue weighted by molar-refractivity contribution is 7.12. The molecule has 0 radical (unpaired) electrons. The van der Waals surface area contributed by atoms with E-state index >= 15 is 0 Å². The summed E-state index contributed by atoms with van der Waals surface area (Å²) in [7, 11) is 0. The van der Waals surface area contributed by atoms with E-state index in [1.54, 1.807) is 18.2 Å². The van der Waals surface area contributed by atoms with Gasteiger partial charge in [0.1, 0.15) is 12.4 Å². The van der Waals surface area contributed by atoms with E-state index in [1.807, 2.05) is 49.6 Å². The van der Waals surface area contributed by atoms with Crippen LogP contribution < -0.4 is 10.1 Å². The van der Waals surface area contributed by atoms with Crippen LogP contribution in [0.4, 0.5) is 5.69 Å². The number of benzene rings is 2. The molecule has 128 valence electrons. The molecule has 0 aliphatic rings. The number of para-hydroxylation sites is 1. The van der Waals surface area contributed by atoms with Gasteiger partial charge >= 0.3 is 0 Å². The van der Waals surface area contributed by atoms with Gasteiger partial charge in [0.25, 0.3) is 5.91 Å². The first-order chi connectivity index (χ1) is 12.0. The molecular formula is C20H18ClNO2S. The van der Waals surface area contributed by atoms with Crippen molar-refractivity contribution in [1.82, 2.24) is 0 Å². The molecule has 0 unspecified atom stereocenters. The molecule has 1 heterocycles. The zero-order valence-electron chi connectivity index (χ0n) is 14.0. The summed E-state index contributed by atoms with van der Waals surface area (Å²) in [6, 6.07) is 15.0. The number of hydrogen-bond acceptors (Lipinski definition) is 3. The summed E-state index contributed by atoms with van der Waals surface area (Å²) in [5.41, 5.74) is 3.87. The number of ether oxygens (including phenoxy) is 1. The number of anilines is 1. The molecule has 0 aliphatic carbocycles. The van der Waals surface area contributed by atoms with E-state index < -0.39 is 0 Å². The van der Waals surface area contributed by atoms with E-state index in [2.05, 4.69) is 5.32 Å². The van der Waals surface area contributed by atoms with Gasteiger partial charge in [0.05, 0.1) is 4.88 Å². The monoisotopic (exact) mass is 371 g/mol. The Kier molecular flexibility index (Phi) is 5.41. The Morgan fingerprint density at radius 3 is 2.56 bits per heavy atom. The highest BCUT2D eigenvalue weighted by Crippen LogP contribution is 2.25. The zero-order valence-corrected chi connectivity index (χ0v) is 15.6. The van der Waals surface area contributed by atoms with Gasteiger partial charge in [-0.15, -0.1) is 11.3 Å². The minimum Gasteiger partial charge on any atom is -0.488 e. The van der Waals surface area contributed by atoms with E-state index in [0.717, 1.165) is 22.4 Å². The first kappa shape index (κ1) is 17.5. The van der Waals surface area contributed by atoms with Gasteiger partial charge in [0, 0.05) is 16.3 Å². The predicted molar refractivity (Wildman–Crippen MR) is 104 cm³/mol. The number of rotatable bonds is 5. The highest BCUT2D eigenvalue weighted by Gasteiger charge is 2.11. The van der Waals surface area contributed by atoms with Crippen molar-refractivity contribution in [3.05, 3.63) is 80.5 Å². The Morgan fingerprint density at radius 1 is 1.12 bits per heavy atom. The Balaban J connectivity index is 1.65. The lowest BCUT2D eigenvalue weighted by atomic mass is 10.1. The number of amides is 1. The largest absolute Gasteiger partial charge is 0.488 e. The molecule has 0 saturated carbocycles. The second-order valence-electron chi connectivity index (χ2n) is 5.79. The summed E-state index contributed by atoms with van der Waals surface area (Å²) < 4.78 is 5.94. The Bertz CT molecular complexity index is 884. The maximum Gasteiger partial charge on any atom is 0.265 e. The zero-order chi connectivity index (χ0) is 17.8. The molecule has 3 rings (SSSR count). The molecule has 0 atom stereocenters. The van der Waals surface area contributed by atoms with Crippen molar-refractivity contribution in [3.63, 3.8) is 0 Å². The number of nitrogens with one attached hydrogen (secondary N) is 1. The van der Waals surface area contributed by atoms with Crippen molar-refractivity contribution in [2.75, 3.05) is 5.32 Å². The topological polar surface area (TPSA) is 38.3 Å². The van der Waals surface area contributed by atoms with Crippen LogP contribution in [-0.2, 0) is 6.61 Å². The van der Waals surface area contributed by atoms with Crippen molar-refractivity contribution in [3.8, 4) is 5.75 Å². The van der Waals surface area contributed by atoms with Gasteiger partial charge in [-0.3, -0.25) is 4.79 Å². The minimum atomic E-state index is -0.148. The van der Waals surface area contributed by atoms with Gasteiger partial charge in [0.2, 0.25) is 0 Å². The van der Waals surface area contributed by atoms with Crippen LogP contribution in [0.1, 0.15) is 26.4 Å². The van der Waals surface area contributed by atoms with Crippen LogP contribution in [0.25, 0.3) is 0 Å². The molecule has 2 aromatic carbocycles. The van der Waals surface area contributed by atoms with Crippen LogP contribution in [0.3, 0.4) is 0 Å². The molecule has 0 fully saturated rings. The molecule has 3 aromatic rings. The van der Waals surface area contributed by atoms with Crippen LogP contribution in [0, 0.1) is 13.8 Å². The first-order valence-electron chi connectivity index (χ1n) is 7.86. The third-order valence-electron chi connectivity index (χ3n) is 3.75. The molecule has 0 bridgehead atoms. The number of carbonyl (C=O) groups excluding carboxylic acids is 1. The average molecular weight is 372 g/mol.